The van der Waals surface area contributed by atoms with E-state index in [0.717, 1.165) is 17.6 Å². The molecule has 2 aliphatic rings. The minimum Gasteiger partial charge on any atom is -0.462 e. The number of hydrogen-bond acceptors (Lipinski definition) is 6. The summed E-state index contributed by atoms with van der Waals surface area (Å²) in [5.74, 6) is -0.379. The van der Waals surface area contributed by atoms with Gasteiger partial charge in [-0.05, 0) is 31.5 Å². The van der Waals surface area contributed by atoms with Gasteiger partial charge in [0.25, 0.3) is 0 Å². The van der Waals surface area contributed by atoms with Crippen molar-refractivity contribution in [3.63, 3.8) is 0 Å². The van der Waals surface area contributed by atoms with E-state index in [1.165, 1.54) is 29.7 Å². The Hall–Kier alpha value is -2.29. The molecular formula is C18H18F3N3O2S. The number of halogens is 3. The maximum absolute atomic E-state index is 13.0. The number of alkyl halides is 3. The minimum atomic E-state index is -4.34. The number of hydrogen-bond donors (Lipinski definition) is 0. The Labute approximate surface area is 158 Å². The van der Waals surface area contributed by atoms with Gasteiger partial charge in [0.15, 0.2) is 5.13 Å². The lowest BCUT2D eigenvalue weighted by molar-refractivity contribution is -0.137. The zero-order valence-corrected chi connectivity index (χ0v) is 15.4. The monoisotopic (exact) mass is 397 g/mol. The first-order chi connectivity index (χ1) is 12.9. The van der Waals surface area contributed by atoms with Crippen LogP contribution in [0.3, 0.4) is 0 Å². The summed E-state index contributed by atoms with van der Waals surface area (Å²) in [5.41, 5.74) is -0.0260. The molecule has 2 bridgehead atoms. The van der Waals surface area contributed by atoms with Crippen LogP contribution in [0, 0.1) is 0 Å². The molecule has 1 aromatic heterocycles. The summed E-state index contributed by atoms with van der Waals surface area (Å²) >= 11 is 1.29. The molecular weight excluding hydrogens is 379 g/mol. The number of piperazine rings is 1. The van der Waals surface area contributed by atoms with Gasteiger partial charge in [-0.25, -0.2) is 9.78 Å². The van der Waals surface area contributed by atoms with E-state index >= 15 is 0 Å². The molecule has 5 nitrogen and oxygen atoms in total. The van der Waals surface area contributed by atoms with E-state index in [0.29, 0.717) is 30.3 Å². The van der Waals surface area contributed by atoms with Gasteiger partial charge in [-0.3, -0.25) is 0 Å². The molecule has 0 saturated carbocycles. The molecule has 0 unspecified atom stereocenters. The lowest BCUT2D eigenvalue weighted by Gasteiger charge is -2.35. The number of ether oxygens (including phenoxy) is 1. The standard InChI is InChI=1S/C18H18F3N3O2S/c1-2-26-16(25)15-8-22-17(27-15)24-10-13-7-14(24)9-23(13)12-5-3-4-11(6-12)18(19,20)21/h3-6,8,13-14H,2,7,9-10H2,1H3/t13-,14-/m0/s1. The molecule has 2 atom stereocenters. The number of nitrogens with zero attached hydrogens (tertiary/aromatic N) is 3. The van der Waals surface area contributed by atoms with Crippen LogP contribution in [0.5, 0.6) is 0 Å². The van der Waals surface area contributed by atoms with Gasteiger partial charge in [-0.15, -0.1) is 0 Å². The van der Waals surface area contributed by atoms with E-state index in [9.17, 15) is 18.0 Å². The summed E-state index contributed by atoms with van der Waals surface area (Å²) in [6.45, 7) is 3.38. The summed E-state index contributed by atoms with van der Waals surface area (Å²) in [5, 5.41) is 0.759. The molecule has 0 amide bonds. The van der Waals surface area contributed by atoms with Crippen molar-refractivity contribution < 1.29 is 22.7 Å². The number of rotatable bonds is 4. The molecule has 2 fully saturated rings. The SMILES string of the molecule is CCOC(=O)c1cnc(N2C[C@@H]3C[C@H]2CN3c2cccc(C(F)(F)F)c2)s1. The highest BCUT2D eigenvalue weighted by Gasteiger charge is 2.45. The van der Waals surface area contributed by atoms with E-state index < -0.39 is 11.7 Å². The van der Waals surface area contributed by atoms with E-state index in [1.807, 2.05) is 4.90 Å². The second-order valence-corrected chi connectivity index (χ2v) is 7.63. The van der Waals surface area contributed by atoms with Crippen LogP contribution in [-0.2, 0) is 10.9 Å². The summed E-state index contributed by atoms with van der Waals surface area (Å²) in [6, 6.07) is 5.79. The van der Waals surface area contributed by atoms with E-state index in [2.05, 4.69) is 9.88 Å². The quantitative estimate of drug-likeness (QED) is 0.735. The van der Waals surface area contributed by atoms with E-state index in [4.69, 9.17) is 4.74 Å². The van der Waals surface area contributed by atoms with Crippen molar-refractivity contribution in [3.05, 3.63) is 40.9 Å². The van der Waals surface area contributed by atoms with Crippen LogP contribution < -0.4 is 9.80 Å². The van der Waals surface area contributed by atoms with Crippen molar-refractivity contribution in [3.8, 4) is 0 Å². The number of carbonyl (C=O) groups is 1. The van der Waals surface area contributed by atoms with Crippen LogP contribution in [0.1, 0.15) is 28.6 Å². The van der Waals surface area contributed by atoms with Crippen LogP contribution in [0.4, 0.5) is 24.0 Å². The van der Waals surface area contributed by atoms with Crippen molar-refractivity contribution in [1.29, 1.82) is 0 Å². The van der Waals surface area contributed by atoms with Crippen molar-refractivity contribution in [1.82, 2.24) is 4.98 Å². The number of carbonyl (C=O) groups excluding carboxylic acids is 1. The third kappa shape index (κ3) is 3.36. The molecule has 2 aromatic rings. The molecule has 0 aliphatic carbocycles. The first-order valence-electron chi connectivity index (χ1n) is 8.70. The molecule has 9 heteroatoms. The number of benzene rings is 1. The maximum Gasteiger partial charge on any atom is 0.416 e. The van der Waals surface area contributed by atoms with Gasteiger partial charge in [0.05, 0.1) is 24.4 Å². The van der Waals surface area contributed by atoms with Gasteiger partial charge in [-0.2, -0.15) is 13.2 Å². The smallest absolute Gasteiger partial charge is 0.416 e. The number of fused-ring (bicyclic) bond motifs is 2. The molecule has 0 N–H and O–H groups in total. The molecule has 27 heavy (non-hydrogen) atoms. The normalized spacial score (nSPS) is 21.8. The van der Waals surface area contributed by atoms with Gasteiger partial charge < -0.3 is 14.5 Å². The Morgan fingerprint density at radius 1 is 1.30 bits per heavy atom. The molecule has 1 aromatic carbocycles. The molecule has 144 valence electrons. The predicted molar refractivity (Wildman–Crippen MR) is 96.4 cm³/mol. The van der Waals surface area contributed by atoms with Crippen LogP contribution in [0.2, 0.25) is 0 Å². The zero-order chi connectivity index (χ0) is 19.2. The van der Waals surface area contributed by atoms with Gasteiger partial charge in [0.2, 0.25) is 0 Å². The van der Waals surface area contributed by atoms with Crippen LogP contribution >= 0.6 is 11.3 Å². The van der Waals surface area contributed by atoms with Crippen LogP contribution in [0.15, 0.2) is 30.5 Å². The highest BCUT2D eigenvalue weighted by atomic mass is 32.1. The third-order valence-electron chi connectivity index (χ3n) is 4.96. The lowest BCUT2D eigenvalue weighted by atomic mass is 10.1. The largest absolute Gasteiger partial charge is 0.462 e. The Morgan fingerprint density at radius 3 is 2.70 bits per heavy atom. The van der Waals surface area contributed by atoms with Gasteiger partial charge >= 0.3 is 12.1 Å². The summed E-state index contributed by atoms with van der Waals surface area (Å²) in [7, 11) is 0. The fourth-order valence-electron chi connectivity index (χ4n) is 3.77. The fraction of sp³-hybridized carbons (Fsp3) is 0.444. The third-order valence-corrected chi connectivity index (χ3v) is 5.98. The molecule has 0 spiro atoms. The first kappa shape index (κ1) is 18.1. The maximum atomic E-state index is 13.0. The minimum absolute atomic E-state index is 0.133. The molecule has 4 rings (SSSR count). The number of aromatic nitrogens is 1. The van der Waals surface area contributed by atoms with Crippen LogP contribution in [-0.4, -0.2) is 42.7 Å². The lowest BCUT2D eigenvalue weighted by Crippen LogP contribution is -2.46. The summed E-state index contributed by atoms with van der Waals surface area (Å²) < 4.78 is 43.9. The van der Waals surface area contributed by atoms with Gasteiger partial charge in [0.1, 0.15) is 4.88 Å². The topological polar surface area (TPSA) is 45.7 Å². The second-order valence-electron chi connectivity index (χ2n) is 6.62. The van der Waals surface area contributed by atoms with E-state index in [-0.39, 0.29) is 18.1 Å². The number of thiazole rings is 1. The van der Waals surface area contributed by atoms with Crippen molar-refractivity contribution in [2.45, 2.75) is 31.6 Å². The Morgan fingerprint density at radius 2 is 2.04 bits per heavy atom. The summed E-state index contributed by atoms with van der Waals surface area (Å²) in [6.07, 6.45) is -1.95. The second kappa shape index (κ2) is 6.70. The Kier molecular flexibility index (Phi) is 4.49. The Balaban J connectivity index is 1.48. The number of anilines is 2. The average molecular weight is 397 g/mol. The van der Waals surface area contributed by atoms with Crippen molar-refractivity contribution in [2.24, 2.45) is 0 Å². The predicted octanol–water partition coefficient (Wildman–Crippen LogP) is 3.81. The van der Waals surface area contributed by atoms with Crippen molar-refractivity contribution in [2.75, 3.05) is 29.5 Å². The highest BCUT2D eigenvalue weighted by molar-refractivity contribution is 7.17. The Bertz CT molecular complexity index is 854. The fourth-order valence-corrected chi connectivity index (χ4v) is 4.66. The zero-order valence-electron chi connectivity index (χ0n) is 14.6. The molecule has 2 aliphatic heterocycles. The summed E-state index contributed by atoms with van der Waals surface area (Å²) in [4.78, 5) is 20.8. The average Bonchev–Trinajstić information content (AvgIpc) is 3.36. The number of esters is 1. The molecule has 0 radical (unpaired) electrons. The van der Waals surface area contributed by atoms with Crippen molar-refractivity contribution >= 4 is 28.1 Å². The molecule has 2 saturated heterocycles. The van der Waals surface area contributed by atoms with Crippen LogP contribution in [0.25, 0.3) is 0 Å². The van der Waals surface area contributed by atoms with E-state index in [1.54, 1.807) is 13.0 Å². The highest BCUT2D eigenvalue weighted by Crippen LogP contribution is 2.40. The van der Waals surface area contributed by atoms with Gasteiger partial charge in [-0.1, -0.05) is 17.4 Å². The first-order valence-corrected chi connectivity index (χ1v) is 9.52. The molecule has 3 heterocycles. The van der Waals surface area contributed by atoms with Gasteiger partial charge in [0, 0.05) is 24.8 Å².